The lowest BCUT2D eigenvalue weighted by Crippen LogP contribution is -2.19. The lowest BCUT2D eigenvalue weighted by molar-refractivity contribution is 0.0985. The minimum absolute atomic E-state index is 0.160. The first kappa shape index (κ1) is 11.7. The zero-order chi connectivity index (χ0) is 12.8. The van der Waals surface area contributed by atoms with E-state index in [-0.39, 0.29) is 5.78 Å². The number of ether oxygens (including phenoxy) is 1. The molecule has 1 aromatic carbocycles. The van der Waals surface area contributed by atoms with Crippen LogP contribution in [-0.2, 0) is 5.41 Å². The number of benzene rings is 1. The fourth-order valence-corrected chi connectivity index (χ4v) is 3.22. The van der Waals surface area contributed by atoms with Crippen LogP contribution in [-0.4, -0.2) is 26.0 Å². The summed E-state index contributed by atoms with van der Waals surface area (Å²) >= 11 is 0. The fourth-order valence-electron chi connectivity index (χ4n) is 3.22. The number of carbonyl (C=O) groups is 1. The molecule has 96 valence electrons. The number of Topliss-reactive ketones (excluding diaryl/α,β-unsaturated/α-hetero) is 1. The highest BCUT2D eigenvalue weighted by Crippen LogP contribution is 2.56. The van der Waals surface area contributed by atoms with Gasteiger partial charge in [-0.15, -0.1) is 0 Å². The van der Waals surface area contributed by atoms with Crippen LogP contribution in [0.25, 0.3) is 0 Å². The van der Waals surface area contributed by atoms with Crippen LogP contribution in [0, 0.1) is 5.92 Å². The Morgan fingerprint density at radius 2 is 2.39 bits per heavy atom. The third-order valence-electron chi connectivity index (χ3n) is 4.46. The van der Waals surface area contributed by atoms with Crippen molar-refractivity contribution in [2.45, 2.75) is 25.2 Å². The summed E-state index contributed by atoms with van der Waals surface area (Å²) in [6.45, 7) is 4.05. The van der Waals surface area contributed by atoms with Crippen LogP contribution < -0.4 is 10.1 Å². The molecule has 1 aromatic rings. The lowest BCUT2D eigenvalue weighted by atomic mass is 9.92. The van der Waals surface area contributed by atoms with E-state index in [1.54, 1.807) is 7.11 Å². The van der Waals surface area contributed by atoms with Gasteiger partial charge in [0.1, 0.15) is 5.75 Å². The first-order chi connectivity index (χ1) is 8.71. The highest BCUT2D eigenvalue weighted by atomic mass is 16.5. The molecule has 0 bridgehead atoms. The van der Waals surface area contributed by atoms with Crippen LogP contribution >= 0.6 is 0 Å². The quantitative estimate of drug-likeness (QED) is 0.826. The van der Waals surface area contributed by atoms with Crippen LogP contribution in [0.1, 0.15) is 35.7 Å². The predicted octanol–water partition coefficient (Wildman–Crippen LogP) is 2.15. The Labute approximate surface area is 108 Å². The van der Waals surface area contributed by atoms with E-state index in [1.807, 2.05) is 13.0 Å². The summed E-state index contributed by atoms with van der Waals surface area (Å²) in [6.07, 6.45) is 1.78. The van der Waals surface area contributed by atoms with Crippen LogP contribution in [0.2, 0.25) is 0 Å². The molecular formula is C15H19NO2. The predicted molar refractivity (Wildman–Crippen MR) is 70.3 cm³/mol. The van der Waals surface area contributed by atoms with E-state index < -0.39 is 0 Å². The highest BCUT2D eigenvalue weighted by molar-refractivity contribution is 5.98. The number of hydrogen-bond acceptors (Lipinski definition) is 3. The Morgan fingerprint density at radius 3 is 2.94 bits per heavy atom. The third kappa shape index (κ3) is 1.57. The van der Waals surface area contributed by atoms with Gasteiger partial charge in [-0.1, -0.05) is 13.0 Å². The van der Waals surface area contributed by atoms with Crippen LogP contribution in [0.15, 0.2) is 18.2 Å². The number of methoxy groups -OCH3 is 1. The van der Waals surface area contributed by atoms with Crippen molar-refractivity contribution in [3.05, 3.63) is 29.3 Å². The van der Waals surface area contributed by atoms with Gasteiger partial charge in [-0.2, -0.15) is 0 Å². The monoisotopic (exact) mass is 245 g/mol. The Hall–Kier alpha value is -1.35. The van der Waals surface area contributed by atoms with Gasteiger partial charge >= 0.3 is 0 Å². The van der Waals surface area contributed by atoms with Crippen LogP contribution in [0.4, 0.5) is 0 Å². The standard InChI is InChI=1S/C15H19NO2/c1-3-13(17)12-6-10(4-5-14(12)18-2)15-7-11(15)8-16-9-15/h4-6,11,16H,3,7-9H2,1-2H3/t11-,15+/m1/s1. The molecule has 1 saturated heterocycles. The maximum atomic E-state index is 12.0. The second kappa shape index (κ2) is 4.09. The summed E-state index contributed by atoms with van der Waals surface area (Å²) in [4.78, 5) is 12.0. The van der Waals surface area contributed by atoms with Crippen molar-refractivity contribution in [1.29, 1.82) is 0 Å². The van der Waals surface area contributed by atoms with Crippen molar-refractivity contribution in [1.82, 2.24) is 5.32 Å². The smallest absolute Gasteiger partial charge is 0.166 e. The second-order valence-corrected chi connectivity index (χ2v) is 5.38. The van der Waals surface area contributed by atoms with E-state index in [9.17, 15) is 4.79 Å². The first-order valence-corrected chi connectivity index (χ1v) is 6.63. The van der Waals surface area contributed by atoms with E-state index in [1.165, 1.54) is 12.0 Å². The van der Waals surface area contributed by atoms with E-state index in [4.69, 9.17) is 4.74 Å². The molecule has 18 heavy (non-hydrogen) atoms. The van der Waals surface area contributed by atoms with Gasteiger partial charge < -0.3 is 10.1 Å². The van der Waals surface area contributed by atoms with Crippen molar-refractivity contribution in [2.24, 2.45) is 5.92 Å². The number of piperidine rings is 1. The molecule has 2 atom stereocenters. The van der Waals surface area contributed by atoms with Gasteiger partial charge in [0.05, 0.1) is 12.7 Å². The van der Waals surface area contributed by atoms with Gasteiger partial charge in [0, 0.05) is 18.4 Å². The molecule has 2 aliphatic rings. The number of ketones is 1. The molecule has 0 radical (unpaired) electrons. The molecule has 0 amide bonds. The minimum Gasteiger partial charge on any atom is -0.496 e. The Kier molecular flexibility index (Phi) is 2.67. The van der Waals surface area contributed by atoms with Crippen molar-refractivity contribution in [3.63, 3.8) is 0 Å². The van der Waals surface area contributed by atoms with E-state index in [2.05, 4.69) is 17.4 Å². The normalized spacial score (nSPS) is 28.9. The van der Waals surface area contributed by atoms with Gasteiger partial charge in [0.2, 0.25) is 0 Å². The summed E-state index contributed by atoms with van der Waals surface area (Å²) in [5.74, 6) is 1.62. The van der Waals surface area contributed by atoms with Crippen LogP contribution in [0.5, 0.6) is 5.75 Å². The highest BCUT2D eigenvalue weighted by Gasteiger charge is 2.58. The molecule has 3 nitrogen and oxygen atoms in total. The molecule has 1 N–H and O–H groups in total. The third-order valence-corrected chi connectivity index (χ3v) is 4.46. The summed E-state index contributed by atoms with van der Waals surface area (Å²) < 4.78 is 5.30. The summed E-state index contributed by atoms with van der Waals surface area (Å²) in [5, 5.41) is 3.44. The fraction of sp³-hybridized carbons (Fsp3) is 0.533. The van der Waals surface area contributed by atoms with Crippen LogP contribution in [0.3, 0.4) is 0 Å². The molecule has 1 aliphatic carbocycles. The molecule has 0 aromatic heterocycles. The van der Waals surface area contributed by atoms with Gasteiger partial charge in [-0.3, -0.25) is 4.79 Å². The number of fused-ring (bicyclic) bond motifs is 1. The summed E-state index contributed by atoms with van der Waals surface area (Å²) in [6, 6.07) is 6.12. The maximum absolute atomic E-state index is 12.0. The molecule has 3 rings (SSSR count). The average molecular weight is 245 g/mol. The lowest BCUT2D eigenvalue weighted by Gasteiger charge is -2.15. The van der Waals surface area contributed by atoms with Crippen molar-refractivity contribution in [2.75, 3.05) is 20.2 Å². The molecular weight excluding hydrogens is 226 g/mol. The average Bonchev–Trinajstić information content (AvgIpc) is 2.99. The van der Waals surface area contributed by atoms with Gasteiger partial charge in [0.25, 0.3) is 0 Å². The van der Waals surface area contributed by atoms with Crippen molar-refractivity contribution >= 4 is 5.78 Å². The largest absolute Gasteiger partial charge is 0.496 e. The molecule has 1 aliphatic heterocycles. The zero-order valence-corrected chi connectivity index (χ0v) is 11.0. The maximum Gasteiger partial charge on any atom is 0.166 e. The SMILES string of the molecule is CCC(=O)c1cc([C@]23CNC[C@H]2C3)ccc1OC. The van der Waals surface area contributed by atoms with E-state index in [0.29, 0.717) is 17.6 Å². The van der Waals surface area contributed by atoms with Gasteiger partial charge in [-0.05, 0) is 36.6 Å². The number of carbonyl (C=O) groups excluding carboxylic acids is 1. The molecule has 3 heteroatoms. The number of hydrogen-bond donors (Lipinski definition) is 1. The van der Waals surface area contributed by atoms with Crippen molar-refractivity contribution < 1.29 is 9.53 Å². The number of nitrogens with one attached hydrogen (secondary N) is 1. The minimum atomic E-state index is 0.160. The van der Waals surface area contributed by atoms with Gasteiger partial charge in [-0.25, -0.2) is 0 Å². The van der Waals surface area contributed by atoms with Gasteiger partial charge in [0.15, 0.2) is 5.78 Å². The second-order valence-electron chi connectivity index (χ2n) is 5.38. The molecule has 1 heterocycles. The summed E-state index contributed by atoms with van der Waals surface area (Å²) in [5.41, 5.74) is 2.34. The Morgan fingerprint density at radius 1 is 1.56 bits per heavy atom. The van der Waals surface area contributed by atoms with Crippen molar-refractivity contribution in [3.8, 4) is 5.75 Å². The Bertz CT molecular complexity index is 497. The van der Waals surface area contributed by atoms with E-state index >= 15 is 0 Å². The molecule has 0 spiro atoms. The first-order valence-electron chi connectivity index (χ1n) is 6.63. The molecule has 0 unspecified atom stereocenters. The topological polar surface area (TPSA) is 38.3 Å². The Balaban J connectivity index is 2.00. The molecule has 1 saturated carbocycles. The zero-order valence-electron chi connectivity index (χ0n) is 11.0. The van der Waals surface area contributed by atoms with E-state index in [0.717, 1.165) is 24.6 Å². The number of rotatable bonds is 4. The summed E-state index contributed by atoms with van der Waals surface area (Å²) in [7, 11) is 1.62. The molecule has 2 fully saturated rings.